The first kappa shape index (κ1) is 13.6. The molecule has 0 saturated heterocycles. The number of anilines is 1. The molecule has 1 aliphatic rings. The molecule has 1 aliphatic carbocycles. The zero-order valence-electron chi connectivity index (χ0n) is 11.9. The Morgan fingerprint density at radius 3 is 2.52 bits per heavy atom. The third-order valence-corrected chi connectivity index (χ3v) is 4.22. The van der Waals surface area contributed by atoms with Crippen LogP contribution in [0.2, 0.25) is 0 Å². The second-order valence-electron chi connectivity index (χ2n) is 5.67. The zero-order valence-corrected chi connectivity index (χ0v) is 11.9. The molecule has 2 nitrogen and oxygen atoms in total. The number of benzene rings is 2. The first-order valence-electron chi connectivity index (χ1n) is 7.19. The standard InChI is InChI=1S/C18H17FN2/c1-12-3-2-4-18(17(12)11-20)21-16-9-14(10-16)13-5-7-15(19)8-6-13/h2-8,14,16,21H,9-10H2,1H3. The average Bonchev–Trinajstić information content (AvgIpc) is 2.44. The van der Waals surface area contributed by atoms with Crippen LogP contribution in [0.3, 0.4) is 0 Å². The Morgan fingerprint density at radius 1 is 1.14 bits per heavy atom. The van der Waals surface area contributed by atoms with E-state index in [0.29, 0.717) is 12.0 Å². The van der Waals surface area contributed by atoms with Crippen LogP contribution < -0.4 is 5.32 Å². The number of hydrogen-bond acceptors (Lipinski definition) is 2. The summed E-state index contributed by atoms with van der Waals surface area (Å²) in [5.41, 5.74) is 3.83. The molecular weight excluding hydrogens is 263 g/mol. The molecule has 2 aromatic rings. The highest BCUT2D eigenvalue weighted by atomic mass is 19.1. The molecule has 0 bridgehead atoms. The van der Waals surface area contributed by atoms with Gasteiger partial charge in [-0.15, -0.1) is 0 Å². The summed E-state index contributed by atoms with van der Waals surface area (Å²) < 4.78 is 12.9. The molecule has 0 amide bonds. The molecule has 1 fully saturated rings. The molecule has 0 heterocycles. The molecule has 21 heavy (non-hydrogen) atoms. The predicted molar refractivity (Wildman–Crippen MR) is 81.7 cm³/mol. The third-order valence-electron chi connectivity index (χ3n) is 4.22. The summed E-state index contributed by atoms with van der Waals surface area (Å²) in [5, 5.41) is 12.7. The predicted octanol–water partition coefficient (Wildman–Crippen LogP) is 4.36. The maximum absolute atomic E-state index is 12.9. The highest BCUT2D eigenvalue weighted by Gasteiger charge is 2.30. The molecule has 0 aromatic heterocycles. The van der Waals surface area contributed by atoms with E-state index in [0.717, 1.165) is 29.7 Å². The highest BCUT2D eigenvalue weighted by molar-refractivity contribution is 5.61. The van der Waals surface area contributed by atoms with Crippen LogP contribution in [0.5, 0.6) is 0 Å². The molecular formula is C18H17FN2. The van der Waals surface area contributed by atoms with Gasteiger partial charge in [-0.05, 0) is 55.0 Å². The summed E-state index contributed by atoms with van der Waals surface area (Å²) in [6.45, 7) is 1.95. The fourth-order valence-corrected chi connectivity index (χ4v) is 2.90. The second kappa shape index (κ2) is 5.57. The van der Waals surface area contributed by atoms with Crippen molar-refractivity contribution in [2.45, 2.75) is 31.7 Å². The molecule has 1 N–H and O–H groups in total. The van der Waals surface area contributed by atoms with Gasteiger partial charge >= 0.3 is 0 Å². The minimum Gasteiger partial charge on any atom is -0.381 e. The smallest absolute Gasteiger partial charge is 0.123 e. The molecule has 106 valence electrons. The van der Waals surface area contributed by atoms with Gasteiger partial charge in [0.25, 0.3) is 0 Å². The summed E-state index contributed by atoms with van der Waals surface area (Å²) in [5.74, 6) is 0.296. The lowest BCUT2D eigenvalue weighted by atomic mass is 9.75. The van der Waals surface area contributed by atoms with E-state index in [1.54, 1.807) is 0 Å². The first-order valence-corrected chi connectivity index (χ1v) is 7.19. The van der Waals surface area contributed by atoms with Gasteiger partial charge in [0.15, 0.2) is 0 Å². The summed E-state index contributed by atoms with van der Waals surface area (Å²) in [6.07, 6.45) is 2.04. The number of nitriles is 1. The van der Waals surface area contributed by atoms with Crippen LogP contribution in [-0.2, 0) is 0 Å². The number of nitrogens with one attached hydrogen (secondary N) is 1. The molecule has 2 aromatic carbocycles. The SMILES string of the molecule is Cc1cccc(NC2CC(c3ccc(F)cc3)C2)c1C#N. The van der Waals surface area contributed by atoms with Crippen LogP contribution >= 0.6 is 0 Å². The Hall–Kier alpha value is -2.34. The van der Waals surface area contributed by atoms with Gasteiger partial charge in [0.1, 0.15) is 11.9 Å². The summed E-state index contributed by atoms with van der Waals surface area (Å²) >= 11 is 0. The normalized spacial score (nSPS) is 20.4. The van der Waals surface area contributed by atoms with Crippen LogP contribution in [0.1, 0.15) is 35.4 Å². The van der Waals surface area contributed by atoms with Crippen LogP contribution in [0.4, 0.5) is 10.1 Å². The van der Waals surface area contributed by atoms with E-state index < -0.39 is 0 Å². The molecule has 0 unspecified atom stereocenters. The van der Waals surface area contributed by atoms with Crippen molar-refractivity contribution in [3.63, 3.8) is 0 Å². The lowest BCUT2D eigenvalue weighted by Crippen LogP contribution is -2.34. The van der Waals surface area contributed by atoms with E-state index in [1.165, 1.54) is 17.7 Å². The largest absolute Gasteiger partial charge is 0.381 e. The lowest BCUT2D eigenvalue weighted by Gasteiger charge is -2.37. The number of aryl methyl sites for hydroxylation is 1. The van der Waals surface area contributed by atoms with Crippen molar-refractivity contribution in [1.82, 2.24) is 0 Å². The highest BCUT2D eigenvalue weighted by Crippen LogP contribution is 2.39. The van der Waals surface area contributed by atoms with Gasteiger partial charge in [-0.2, -0.15) is 5.26 Å². The first-order chi connectivity index (χ1) is 10.2. The van der Waals surface area contributed by atoms with Crippen molar-refractivity contribution >= 4 is 5.69 Å². The van der Waals surface area contributed by atoms with Gasteiger partial charge in [0, 0.05) is 6.04 Å². The fraction of sp³-hybridized carbons (Fsp3) is 0.278. The van der Waals surface area contributed by atoms with E-state index in [-0.39, 0.29) is 5.82 Å². The lowest BCUT2D eigenvalue weighted by molar-refractivity contribution is 0.374. The Labute approximate surface area is 124 Å². The van der Waals surface area contributed by atoms with Gasteiger partial charge in [-0.1, -0.05) is 24.3 Å². The topological polar surface area (TPSA) is 35.8 Å². The number of rotatable bonds is 3. The van der Waals surface area contributed by atoms with Gasteiger partial charge in [0.05, 0.1) is 11.3 Å². The minimum atomic E-state index is -0.189. The third kappa shape index (κ3) is 2.75. The minimum absolute atomic E-state index is 0.189. The molecule has 0 aliphatic heterocycles. The molecule has 3 rings (SSSR count). The number of halogens is 1. The molecule has 0 spiro atoms. The second-order valence-corrected chi connectivity index (χ2v) is 5.67. The average molecular weight is 280 g/mol. The van der Waals surface area contributed by atoms with E-state index in [9.17, 15) is 9.65 Å². The Kier molecular flexibility index (Phi) is 3.62. The molecule has 1 saturated carbocycles. The van der Waals surface area contributed by atoms with Crippen LogP contribution in [-0.4, -0.2) is 6.04 Å². The Bertz CT molecular complexity index is 679. The van der Waals surface area contributed by atoms with Crippen molar-refractivity contribution < 1.29 is 4.39 Å². The number of nitrogens with zero attached hydrogens (tertiary/aromatic N) is 1. The quantitative estimate of drug-likeness (QED) is 0.906. The monoisotopic (exact) mass is 280 g/mol. The number of hydrogen-bond donors (Lipinski definition) is 1. The molecule has 0 atom stereocenters. The van der Waals surface area contributed by atoms with E-state index in [2.05, 4.69) is 11.4 Å². The van der Waals surface area contributed by atoms with E-state index in [1.807, 2.05) is 37.3 Å². The summed E-state index contributed by atoms with van der Waals surface area (Å²) in [4.78, 5) is 0. The van der Waals surface area contributed by atoms with Crippen molar-refractivity contribution in [2.24, 2.45) is 0 Å². The molecule has 0 radical (unpaired) electrons. The summed E-state index contributed by atoms with van der Waals surface area (Å²) in [6, 6.07) is 15.3. The van der Waals surface area contributed by atoms with E-state index in [4.69, 9.17) is 0 Å². The van der Waals surface area contributed by atoms with Crippen molar-refractivity contribution in [2.75, 3.05) is 5.32 Å². The molecule has 3 heteroatoms. The van der Waals surface area contributed by atoms with Crippen molar-refractivity contribution in [3.8, 4) is 6.07 Å². The van der Waals surface area contributed by atoms with Gasteiger partial charge in [-0.25, -0.2) is 4.39 Å². The van der Waals surface area contributed by atoms with Crippen molar-refractivity contribution in [1.29, 1.82) is 5.26 Å². The Morgan fingerprint density at radius 2 is 1.86 bits per heavy atom. The van der Waals surface area contributed by atoms with Gasteiger partial charge in [-0.3, -0.25) is 0 Å². The summed E-state index contributed by atoms with van der Waals surface area (Å²) in [7, 11) is 0. The van der Waals surface area contributed by atoms with Crippen LogP contribution in [0, 0.1) is 24.1 Å². The Balaban J connectivity index is 1.64. The zero-order chi connectivity index (χ0) is 14.8. The van der Waals surface area contributed by atoms with Crippen LogP contribution in [0.15, 0.2) is 42.5 Å². The maximum atomic E-state index is 12.9. The fourth-order valence-electron chi connectivity index (χ4n) is 2.90. The van der Waals surface area contributed by atoms with Crippen LogP contribution in [0.25, 0.3) is 0 Å². The van der Waals surface area contributed by atoms with Gasteiger partial charge < -0.3 is 5.32 Å². The van der Waals surface area contributed by atoms with Gasteiger partial charge in [0.2, 0.25) is 0 Å². The van der Waals surface area contributed by atoms with Crippen molar-refractivity contribution in [3.05, 3.63) is 65.0 Å². The van der Waals surface area contributed by atoms with E-state index >= 15 is 0 Å². The maximum Gasteiger partial charge on any atom is 0.123 e.